The van der Waals surface area contributed by atoms with E-state index in [9.17, 15) is 9.59 Å². The number of rotatable bonds is 2. The molecule has 0 saturated carbocycles. The van der Waals surface area contributed by atoms with E-state index in [0.29, 0.717) is 24.0 Å². The zero-order valence-corrected chi connectivity index (χ0v) is 16.6. The van der Waals surface area contributed by atoms with E-state index in [1.165, 1.54) is 6.20 Å². The molecule has 1 fully saturated rings. The summed E-state index contributed by atoms with van der Waals surface area (Å²) in [5.41, 5.74) is 9.04. The Kier molecular flexibility index (Phi) is 4.96. The first-order valence-electron chi connectivity index (χ1n) is 9.83. The summed E-state index contributed by atoms with van der Waals surface area (Å²) in [6.07, 6.45) is 5.21. The van der Waals surface area contributed by atoms with Crippen molar-refractivity contribution in [2.24, 2.45) is 5.92 Å². The molecule has 0 radical (unpaired) electrons. The van der Waals surface area contributed by atoms with Crippen LogP contribution in [0.3, 0.4) is 0 Å². The van der Waals surface area contributed by atoms with Gasteiger partial charge in [0.1, 0.15) is 5.82 Å². The SMILES string of the molecule is Cc1cc(NC(=O)C(=O)N2C[C@@H](C)CC[C@@H]2c2ccc3[nH]ccc3c2)cnc1N. The number of carbonyl (C=O) groups is 2. The number of pyridine rings is 1. The summed E-state index contributed by atoms with van der Waals surface area (Å²) in [4.78, 5) is 34.7. The molecule has 0 aliphatic carbocycles. The van der Waals surface area contributed by atoms with Crippen LogP contribution in [0.25, 0.3) is 10.9 Å². The van der Waals surface area contributed by atoms with Gasteiger partial charge in [0.2, 0.25) is 0 Å². The molecule has 7 nitrogen and oxygen atoms in total. The summed E-state index contributed by atoms with van der Waals surface area (Å²) in [6.45, 7) is 4.47. The smallest absolute Gasteiger partial charge is 0.313 e. The highest BCUT2D eigenvalue weighted by Crippen LogP contribution is 2.34. The highest BCUT2D eigenvalue weighted by atomic mass is 16.2. The molecule has 3 aromatic rings. The van der Waals surface area contributed by atoms with Crippen LogP contribution in [-0.4, -0.2) is 33.2 Å². The molecular weight excluding hydrogens is 366 g/mol. The molecule has 7 heteroatoms. The zero-order chi connectivity index (χ0) is 20.5. The van der Waals surface area contributed by atoms with E-state index < -0.39 is 11.8 Å². The van der Waals surface area contributed by atoms with Gasteiger partial charge < -0.3 is 20.9 Å². The second-order valence-electron chi connectivity index (χ2n) is 7.86. The van der Waals surface area contributed by atoms with E-state index in [1.807, 2.05) is 24.4 Å². The van der Waals surface area contributed by atoms with Gasteiger partial charge in [-0.1, -0.05) is 13.0 Å². The van der Waals surface area contributed by atoms with Gasteiger partial charge in [0.05, 0.1) is 17.9 Å². The lowest BCUT2D eigenvalue weighted by Gasteiger charge is -2.38. The Morgan fingerprint density at radius 2 is 2.07 bits per heavy atom. The van der Waals surface area contributed by atoms with Gasteiger partial charge >= 0.3 is 11.8 Å². The highest BCUT2D eigenvalue weighted by Gasteiger charge is 2.34. The molecule has 0 spiro atoms. The maximum Gasteiger partial charge on any atom is 0.313 e. The number of H-pyrrole nitrogens is 1. The van der Waals surface area contributed by atoms with Crippen molar-refractivity contribution < 1.29 is 9.59 Å². The van der Waals surface area contributed by atoms with Crippen molar-refractivity contribution >= 4 is 34.2 Å². The average Bonchev–Trinajstić information content (AvgIpc) is 3.18. The summed E-state index contributed by atoms with van der Waals surface area (Å²) >= 11 is 0. The number of nitrogens with one attached hydrogen (secondary N) is 2. The normalized spacial score (nSPS) is 19.3. The fourth-order valence-corrected chi connectivity index (χ4v) is 3.97. The number of aromatic amines is 1. The molecule has 150 valence electrons. The lowest BCUT2D eigenvalue weighted by Crippen LogP contribution is -2.46. The van der Waals surface area contributed by atoms with Crippen LogP contribution in [0.5, 0.6) is 0 Å². The standard InChI is InChI=1S/C22H25N5O2/c1-13-3-6-19(16-4-5-18-15(10-16)7-8-24-18)27(12-13)22(29)21(28)26-17-9-14(2)20(23)25-11-17/h4-5,7-11,13,19,24H,3,6,12H2,1-2H3,(H2,23,25)(H,26,28)/t13-,19+/m0/s1. The number of hydrogen-bond acceptors (Lipinski definition) is 4. The van der Waals surface area contributed by atoms with Crippen LogP contribution in [0, 0.1) is 12.8 Å². The van der Waals surface area contributed by atoms with E-state index in [-0.39, 0.29) is 6.04 Å². The minimum Gasteiger partial charge on any atom is -0.383 e. The number of nitrogens with two attached hydrogens (primary N) is 1. The molecule has 0 bridgehead atoms. The summed E-state index contributed by atoms with van der Waals surface area (Å²) in [7, 11) is 0. The van der Waals surface area contributed by atoms with Crippen molar-refractivity contribution in [3.05, 3.63) is 53.9 Å². The maximum atomic E-state index is 13.1. The lowest BCUT2D eigenvalue weighted by molar-refractivity contribution is -0.146. The Hall–Kier alpha value is -3.35. The molecule has 29 heavy (non-hydrogen) atoms. The number of nitrogen functional groups attached to an aromatic ring is 1. The van der Waals surface area contributed by atoms with Crippen LogP contribution in [0.1, 0.15) is 36.9 Å². The topological polar surface area (TPSA) is 104 Å². The van der Waals surface area contributed by atoms with Crippen molar-refractivity contribution in [1.29, 1.82) is 0 Å². The van der Waals surface area contributed by atoms with Crippen molar-refractivity contribution in [3.63, 3.8) is 0 Å². The summed E-state index contributed by atoms with van der Waals surface area (Å²) in [5.74, 6) is -0.429. The number of nitrogens with zero attached hydrogens (tertiary/aromatic N) is 2. The Bertz CT molecular complexity index is 1070. The minimum absolute atomic E-state index is 0.116. The molecule has 2 atom stereocenters. The van der Waals surface area contributed by atoms with E-state index in [1.54, 1.807) is 17.9 Å². The van der Waals surface area contributed by atoms with Crippen LogP contribution in [0.2, 0.25) is 0 Å². The molecular formula is C22H25N5O2. The average molecular weight is 391 g/mol. The van der Waals surface area contributed by atoms with E-state index in [2.05, 4.69) is 28.3 Å². The van der Waals surface area contributed by atoms with Gasteiger partial charge in [-0.15, -0.1) is 0 Å². The number of aromatic nitrogens is 2. The highest BCUT2D eigenvalue weighted by molar-refractivity contribution is 6.39. The van der Waals surface area contributed by atoms with Crippen LogP contribution < -0.4 is 11.1 Å². The second-order valence-corrected chi connectivity index (χ2v) is 7.86. The van der Waals surface area contributed by atoms with Crippen LogP contribution in [-0.2, 0) is 9.59 Å². The first-order chi connectivity index (χ1) is 13.9. The fourth-order valence-electron chi connectivity index (χ4n) is 3.97. The molecule has 1 aromatic carbocycles. The predicted octanol–water partition coefficient (Wildman–Crippen LogP) is 3.39. The van der Waals surface area contributed by atoms with E-state index in [4.69, 9.17) is 5.73 Å². The Labute approximate surface area is 169 Å². The molecule has 2 amide bonds. The number of hydrogen-bond donors (Lipinski definition) is 3. The van der Waals surface area contributed by atoms with Gasteiger partial charge in [0, 0.05) is 18.3 Å². The predicted molar refractivity (Wildman–Crippen MR) is 113 cm³/mol. The van der Waals surface area contributed by atoms with Crippen molar-refractivity contribution in [2.75, 3.05) is 17.6 Å². The lowest BCUT2D eigenvalue weighted by atomic mass is 9.89. The van der Waals surface area contributed by atoms with Crippen LogP contribution in [0.4, 0.5) is 11.5 Å². The molecule has 2 aromatic heterocycles. The maximum absolute atomic E-state index is 13.1. The minimum atomic E-state index is -0.655. The van der Waals surface area contributed by atoms with Crippen molar-refractivity contribution in [1.82, 2.24) is 14.9 Å². The van der Waals surface area contributed by atoms with Gasteiger partial charge in [0.15, 0.2) is 0 Å². The summed E-state index contributed by atoms with van der Waals surface area (Å²) < 4.78 is 0. The van der Waals surface area contributed by atoms with Crippen LogP contribution >= 0.6 is 0 Å². The Balaban J connectivity index is 1.57. The van der Waals surface area contributed by atoms with E-state index >= 15 is 0 Å². The van der Waals surface area contributed by atoms with Gasteiger partial charge in [0.25, 0.3) is 0 Å². The second kappa shape index (κ2) is 7.58. The zero-order valence-electron chi connectivity index (χ0n) is 16.6. The Morgan fingerprint density at radius 1 is 1.24 bits per heavy atom. The number of piperidine rings is 1. The van der Waals surface area contributed by atoms with Gasteiger partial charge in [-0.05, 0) is 66.5 Å². The first-order valence-corrected chi connectivity index (χ1v) is 9.83. The molecule has 4 N–H and O–H groups in total. The number of amides is 2. The fraction of sp³-hybridized carbons (Fsp3) is 0.318. The largest absolute Gasteiger partial charge is 0.383 e. The molecule has 1 aliphatic rings. The number of aryl methyl sites for hydroxylation is 1. The van der Waals surface area contributed by atoms with Gasteiger partial charge in [-0.2, -0.15) is 0 Å². The number of likely N-dealkylation sites (tertiary alicyclic amines) is 1. The van der Waals surface area contributed by atoms with Crippen molar-refractivity contribution in [2.45, 2.75) is 32.7 Å². The monoisotopic (exact) mass is 391 g/mol. The number of anilines is 2. The quantitative estimate of drug-likeness (QED) is 0.583. The molecule has 0 unspecified atom stereocenters. The Morgan fingerprint density at radius 3 is 2.86 bits per heavy atom. The number of benzene rings is 1. The summed E-state index contributed by atoms with van der Waals surface area (Å²) in [6, 6.07) is 9.76. The third-order valence-electron chi connectivity index (χ3n) is 5.61. The van der Waals surface area contributed by atoms with E-state index in [0.717, 1.165) is 34.9 Å². The molecule has 1 aliphatic heterocycles. The molecule has 1 saturated heterocycles. The summed E-state index contributed by atoms with van der Waals surface area (Å²) in [5, 5.41) is 3.76. The molecule has 4 rings (SSSR count). The molecule has 3 heterocycles. The van der Waals surface area contributed by atoms with Crippen molar-refractivity contribution in [3.8, 4) is 0 Å². The first kappa shape index (κ1) is 19.0. The number of fused-ring (bicyclic) bond motifs is 1. The number of carbonyl (C=O) groups excluding carboxylic acids is 2. The third kappa shape index (κ3) is 3.81. The van der Waals surface area contributed by atoms with Gasteiger partial charge in [-0.3, -0.25) is 9.59 Å². The van der Waals surface area contributed by atoms with Gasteiger partial charge in [-0.25, -0.2) is 4.98 Å². The third-order valence-corrected chi connectivity index (χ3v) is 5.61. The van der Waals surface area contributed by atoms with Crippen LogP contribution in [0.15, 0.2) is 42.7 Å².